The zero-order valence-corrected chi connectivity index (χ0v) is 11.1. The van der Waals surface area contributed by atoms with Crippen LogP contribution in [0.3, 0.4) is 0 Å². The molecular formula is C12H8BrN5. The van der Waals surface area contributed by atoms with Crippen molar-refractivity contribution in [1.82, 2.24) is 19.4 Å². The first-order valence-electron chi connectivity index (χ1n) is 5.25. The lowest BCUT2D eigenvalue weighted by Crippen LogP contribution is -1.92. The summed E-state index contributed by atoms with van der Waals surface area (Å²) in [6.45, 7) is 0. The minimum Gasteiger partial charge on any atom is -0.275 e. The SMILES string of the molecule is Cn1cc(-c2cc(C#N)c3c(Br)cnn3c2)cn1. The molecule has 0 aliphatic rings. The normalized spacial score (nSPS) is 10.7. The van der Waals surface area contributed by atoms with E-state index in [0.717, 1.165) is 21.1 Å². The summed E-state index contributed by atoms with van der Waals surface area (Å²) >= 11 is 3.39. The third kappa shape index (κ3) is 1.60. The zero-order chi connectivity index (χ0) is 12.7. The fourth-order valence-electron chi connectivity index (χ4n) is 1.90. The number of aryl methyl sites for hydroxylation is 1. The summed E-state index contributed by atoms with van der Waals surface area (Å²) in [7, 11) is 1.86. The second kappa shape index (κ2) is 3.96. The number of pyridine rings is 1. The number of rotatable bonds is 1. The second-order valence-corrected chi connectivity index (χ2v) is 4.80. The van der Waals surface area contributed by atoms with Crippen molar-refractivity contribution >= 4 is 21.4 Å². The van der Waals surface area contributed by atoms with Gasteiger partial charge in [0.05, 0.1) is 27.9 Å². The molecule has 0 atom stereocenters. The average molecular weight is 302 g/mol. The number of hydrogen-bond donors (Lipinski definition) is 0. The molecule has 0 unspecified atom stereocenters. The van der Waals surface area contributed by atoms with E-state index in [9.17, 15) is 5.26 Å². The van der Waals surface area contributed by atoms with Crippen LogP contribution in [0.15, 0.2) is 35.3 Å². The highest BCUT2D eigenvalue weighted by Gasteiger charge is 2.10. The Morgan fingerprint density at radius 1 is 1.22 bits per heavy atom. The second-order valence-electron chi connectivity index (χ2n) is 3.94. The van der Waals surface area contributed by atoms with Crippen LogP contribution in [-0.4, -0.2) is 19.4 Å². The van der Waals surface area contributed by atoms with E-state index >= 15 is 0 Å². The monoisotopic (exact) mass is 301 g/mol. The smallest absolute Gasteiger partial charge is 0.101 e. The summed E-state index contributed by atoms with van der Waals surface area (Å²) in [5, 5.41) is 17.6. The summed E-state index contributed by atoms with van der Waals surface area (Å²) in [5.74, 6) is 0. The quantitative estimate of drug-likeness (QED) is 0.693. The topological polar surface area (TPSA) is 58.9 Å². The summed E-state index contributed by atoms with van der Waals surface area (Å²) in [5.41, 5.74) is 3.25. The van der Waals surface area contributed by atoms with Crippen LogP contribution in [0.4, 0.5) is 0 Å². The van der Waals surface area contributed by atoms with Crippen molar-refractivity contribution in [1.29, 1.82) is 5.26 Å². The third-order valence-electron chi connectivity index (χ3n) is 2.73. The molecule has 6 heteroatoms. The Hall–Kier alpha value is -2.13. The minimum absolute atomic E-state index is 0.584. The Morgan fingerprint density at radius 2 is 2.06 bits per heavy atom. The number of halogens is 1. The van der Waals surface area contributed by atoms with E-state index in [1.165, 1.54) is 0 Å². The third-order valence-corrected chi connectivity index (χ3v) is 3.31. The van der Waals surface area contributed by atoms with E-state index < -0.39 is 0 Å². The highest BCUT2D eigenvalue weighted by molar-refractivity contribution is 9.10. The first kappa shape index (κ1) is 11.0. The predicted molar refractivity (Wildman–Crippen MR) is 69.8 cm³/mol. The maximum absolute atomic E-state index is 9.22. The largest absolute Gasteiger partial charge is 0.275 e. The van der Waals surface area contributed by atoms with Crippen LogP contribution in [0.5, 0.6) is 0 Å². The molecule has 3 rings (SSSR count). The lowest BCUT2D eigenvalue weighted by atomic mass is 10.1. The van der Waals surface area contributed by atoms with E-state index in [1.54, 1.807) is 21.6 Å². The van der Waals surface area contributed by atoms with Crippen LogP contribution in [0.1, 0.15) is 5.56 Å². The lowest BCUT2D eigenvalue weighted by molar-refractivity contribution is 0.768. The van der Waals surface area contributed by atoms with Gasteiger partial charge in [0.2, 0.25) is 0 Å². The number of fused-ring (bicyclic) bond motifs is 1. The van der Waals surface area contributed by atoms with Gasteiger partial charge in [-0.15, -0.1) is 0 Å². The minimum atomic E-state index is 0.584. The highest BCUT2D eigenvalue weighted by Crippen LogP contribution is 2.26. The van der Waals surface area contributed by atoms with Crippen molar-refractivity contribution in [2.45, 2.75) is 0 Å². The van der Waals surface area contributed by atoms with E-state index in [2.05, 4.69) is 32.2 Å². The van der Waals surface area contributed by atoms with E-state index in [-0.39, 0.29) is 0 Å². The van der Waals surface area contributed by atoms with Crippen molar-refractivity contribution in [3.63, 3.8) is 0 Å². The van der Waals surface area contributed by atoms with Gasteiger partial charge in [0.15, 0.2) is 0 Å². The standard InChI is InChI=1S/C12H8BrN5/c1-17-6-10(4-15-17)9-2-8(3-14)12-11(13)5-16-18(12)7-9/h2,4-7H,1H3. The Kier molecular flexibility index (Phi) is 2.42. The molecule has 0 saturated carbocycles. The summed E-state index contributed by atoms with van der Waals surface area (Å²) in [6, 6.07) is 4.04. The van der Waals surface area contributed by atoms with Crippen molar-refractivity contribution in [3.8, 4) is 17.2 Å². The predicted octanol–water partition coefficient (Wildman–Crippen LogP) is 2.37. The van der Waals surface area contributed by atoms with Crippen LogP contribution in [0.25, 0.3) is 16.6 Å². The van der Waals surface area contributed by atoms with Crippen molar-refractivity contribution < 1.29 is 0 Å². The molecule has 0 spiro atoms. The van der Waals surface area contributed by atoms with Gasteiger partial charge in [-0.3, -0.25) is 4.68 Å². The molecule has 0 amide bonds. The Morgan fingerprint density at radius 3 is 2.72 bits per heavy atom. The molecular weight excluding hydrogens is 294 g/mol. The fourth-order valence-corrected chi connectivity index (χ4v) is 2.38. The average Bonchev–Trinajstić information content (AvgIpc) is 2.95. The number of nitriles is 1. The fraction of sp³-hybridized carbons (Fsp3) is 0.0833. The van der Waals surface area contributed by atoms with Crippen LogP contribution in [0, 0.1) is 11.3 Å². The van der Waals surface area contributed by atoms with Gasteiger partial charge in [-0.05, 0) is 22.0 Å². The van der Waals surface area contributed by atoms with Gasteiger partial charge in [0.1, 0.15) is 6.07 Å². The number of hydrogen-bond acceptors (Lipinski definition) is 3. The van der Waals surface area contributed by atoms with Gasteiger partial charge in [0.25, 0.3) is 0 Å². The molecule has 0 radical (unpaired) electrons. The van der Waals surface area contributed by atoms with Crippen molar-refractivity contribution in [3.05, 3.63) is 40.9 Å². The van der Waals surface area contributed by atoms with Crippen LogP contribution >= 0.6 is 15.9 Å². The maximum Gasteiger partial charge on any atom is 0.101 e. The Balaban J connectivity index is 2.30. The molecule has 0 saturated heterocycles. The molecule has 0 aliphatic carbocycles. The van der Waals surface area contributed by atoms with Gasteiger partial charge in [-0.25, -0.2) is 4.52 Å². The van der Waals surface area contributed by atoms with Gasteiger partial charge in [0, 0.05) is 30.6 Å². The van der Waals surface area contributed by atoms with Crippen LogP contribution in [0.2, 0.25) is 0 Å². The molecule has 0 aromatic carbocycles. The van der Waals surface area contributed by atoms with E-state index in [0.29, 0.717) is 5.56 Å². The molecule has 0 aliphatic heterocycles. The first-order chi connectivity index (χ1) is 8.69. The number of nitrogens with zero attached hydrogens (tertiary/aromatic N) is 5. The molecule has 18 heavy (non-hydrogen) atoms. The highest BCUT2D eigenvalue weighted by atomic mass is 79.9. The zero-order valence-electron chi connectivity index (χ0n) is 9.50. The van der Waals surface area contributed by atoms with E-state index in [4.69, 9.17) is 0 Å². The molecule has 0 fully saturated rings. The molecule has 88 valence electrons. The van der Waals surface area contributed by atoms with Crippen molar-refractivity contribution in [2.24, 2.45) is 7.05 Å². The Bertz CT molecular complexity index is 777. The van der Waals surface area contributed by atoms with Gasteiger partial charge in [-0.2, -0.15) is 15.5 Å². The molecule has 3 aromatic heterocycles. The molecule has 5 nitrogen and oxygen atoms in total. The first-order valence-corrected chi connectivity index (χ1v) is 6.04. The van der Waals surface area contributed by atoms with E-state index in [1.807, 2.05) is 25.5 Å². The van der Waals surface area contributed by atoms with Crippen LogP contribution in [-0.2, 0) is 7.05 Å². The van der Waals surface area contributed by atoms with Gasteiger partial charge in [-0.1, -0.05) is 0 Å². The molecule has 3 aromatic rings. The van der Waals surface area contributed by atoms with Crippen molar-refractivity contribution in [2.75, 3.05) is 0 Å². The lowest BCUT2D eigenvalue weighted by Gasteiger charge is -2.02. The molecule has 3 heterocycles. The Labute approximate surface area is 111 Å². The number of aromatic nitrogens is 4. The van der Waals surface area contributed by atoms with Gasteiger partial charge < -0.3 is 0 Å². The summed E-state index contributed by atoms with van der Waals surface area (Å²) in [4.78, 5) is 0. The molecule has 0 N–H and O–H groups in total. The maximum atomic E-state index is 9.22. The van der Waals surface area contributed by atoms with Gasteiger partial charge >= 0.3 is 0 Å². The molecule has 0 bridgehead atoms. The van der Waals surface area contributed by atoms with Crippen LogP contribution < -0.4 is 0 Å². The summed E-state index contributed by atoms with van der Waals surface area (Å²) < 4.78 is 4.24. The summed E-state index contributed by atoms with van der Waals surface area (Å²) in [6.07, 6.45) is 7.24.